The SMILES string of the molecule is [CH2]C1(O)CCc2c(OCC(=O)O)cccc2C1O. The van der Waals surface area contributed by atoms with Gasteiger partial charge >= 0.3 is 5.97 Å². The highest BCUT2D eigenvalue weighted by Crippen LogP contribution is 2.40. The van der Waals surface area contributed by atoms with Crippen LogP contribution in [0.1, 0.15) is 23.7 Å². The lowest BCUT2D eigenvalue weighted by Gasteiger charge is -2.35. The van der Waals surface area contributed by atoms with E-state index in [9.17, 15) is 15.0 Å². The van der Waals surface area contributed by atoms with Crippen molar-refractivity contribution in [1.82, 2.24) is 0 Å². The number of hydrogen-bond acceptors (Lipinski definition) is 4. The van der Waals surface area contributed by atoms with E-state index in [0.717, 1.165) is 5.56 Å². The van der Waals surface area contributed by atoms with Gasteiger partial charge in [0, 0.05) is 5.56 Å². The standard InChI is InChI=1S/C13H15O5/c1-13(17)6-5-8-9(12(13)16)3-2-4-10(8)18-7-11(14)15/h2-4,12,16-17H,1,5-7H2,(H,14,15). The molecule has 97 valence electrons. The van der Waals surface area contributed by atoms with Crippen LogP contribution in [0.2, 0.25) is 0 Å². The van der Waals surface area contributed by atoms with Gasteiger partial charge in [0.2, 0.25) is 0 Å². The number of carbonyl (C=O) groups is 1. The van der Waals surface area contributed by atoms with Gasteiger partial charge in [-0.15, -0.1) is 0 Å². The van der Waals surface area contributed by atoms with Crippen LogP contribution in [0.5, 0.6) is 5.75 Å². The predicted octanol–water partition coefficient (Wildman–Crippen LogP) is 0.695. The second-order valence-corrected chi connectivity index (χ2v) is 4.51. The molecule has 2 atom stereocenters. The molecule has 0 amide bonds. The van der Waals surface area contributed by atoms with Crippen LogP contribution >= 0.6 is 0 Å². The molecule has 0 saturated heterocycles. The van der Waals surface area contributed by atoms with Crippen LogP contribution in [0.4, 0.5) is 0 Å². The number of carboxylic acid groups (broad SMARTS) is 1. The van der Waals surface area contributed by atoms with Crippen molar-refractivity contribution in [2.45, 2.75) is 24.5 Å². The van der Waals surface area contributed by atoms with E-state index >= 15 is 0 Å². The Kier molecular flexibility index (Phi) is 3.28. The monoisotopic (exact) mass is 251 g/mol. The van der Waals surface area contributed by atoms with Crippen molar-refractivity contribution in [3.63, 3.8) is 0 Å². The summed E-state index contributed by atoms with van der Waals surface area (Å²) < 4.78 is 5.17. The van der Waals surface area contributed by atoms with E-state index in [1.54, 1.807) is 18.2 Å². The molecule has 0 aromatic heterocycles. The van der Waals surface area contributed by atoms with E-state index in [0.29, 0.717) is 24.2 Å². The fraction of sp³-hybridized carbons (Fsp3) is 0.385. The van der Waals surface area contributed by atoms with Crippen molar-refractivity contribution in [3.05, 3.63) is 36.2 Å². The van der Waals surface area contributed by atoms with Crippen LogP contribution in [0.25, 0.3) is 0 Å². The Morgan fingerprint density at radius 3 is 2.94 bits per heavy atom. The smallest absolute Gasteiger partial charge is 0.341 e. The number of ether oxygens (including phenoxy) is 1. The van der Waals surface area contributed by atoms with Crippen molar-refractivity contribution in [1.29, 1.82) is 0 Å². The number of hydrogen-bond donors (Lipinski definition) is 3. The van der Waals surface area contributed by atoms with Gasteiger partial charge in [0.1, 0.15) is 11.9 Å². The first-order valence-electron chi connectivity index (χ1n) is 5.64. The maximum atomic E-state index is 10.5. The quantitative estimate of drug-likeness (QED) is 0.736. The highest BCUT2D eigenvalue weighted by atomic mass is 16.5. The summed E-state index contributed by atoms with van der Waals surface area (Å²) in [5.41, 5.74) is -0.125. The van der Waals surface area contributed by atoms with E-state index in [2.05, 4.69) is 6.92 Å². The molecule has 3 N–H and O–H groups in total. The Morgan fingerprint density at radius 1 is 1.56 bits per heavy atom. The minimum atomic E-state index is -1.40. The van der Waals surface area contributed by atoms with E-state index < -0.39 is 24.3 Å². The molecule has 1 aromatic rings. The molecule has 0 fully saturated rings. The minimum Gasteiger partial charge on any atom is -0.482 e. The molecule has 0 aliphatic heterocycles. The highest BCUT2D eigenvalue weighted by molar-refractivity contribution is 5.68. The first-order chi connectivity index (χ1) is 8.42. The Morgan fingerprint density at radius 2 is 2.28 bits per heavy atom. The molecule has 1 aliphatic rings. The van der Waals surface area contributed by atoms with Gasteiger partial charge in [0.15, 0.2) is 6.61 Å². The Labute approximate surface area is 105 Å². The zero-order valence-electron chi connectivity index (χ0n) is 9.80. The molecule has 0 spiro atoms. The molecule has 0 heterocycles. The number of aliphatic hydroxyl groups is 2. The number of aliphatic carboxylic acids is 1. The lowest BCUT2D eigenvalue weighted by atomic mass is 9.79. The Bertz CT molecular complexity index is 466. The minimum absolute atomic E-state index is 0.300. The van der Waals surface area contributed by atoms with Crippen molar-refractivity contribution in [2.24, 2.45) is 0 Å². The summed E-state index contributed by atoms with van der Waals surface area (Å²) >= 11 is 0. The first kappa shape index (κ1) is 12.9. The molecule has 1 aliphatic carbocycles. The normalized spacial score (nSPS) is 26.5. The third-order valence-corrected chi connectivity index (χ3v) is 3.13. The average Bonchev–Trinajstić information content (AvgIpc) is 2.31. The van der Waals surface area contributed by atoms with Crippen molar-refractivity contribution >= 4 is 5.97 Å². The third kappa shape index (κ3) is 2.32. The second kappa shape index (κ2) is 4.59. The molecule has 2 unspecified atom stereocenters. The lowest BCUT2D eigenvalue weighted by Crippen LogP contribution is -2.37. The number of fused-ring (bicyclic) bond motifs is 1. The fourth-order valence-corrected chi connectivity index (χ4v) is 2.15. The summed E-state index contributed by atoms with van der Waals surface area (Å²) in [5.74, 6) is -0.623. The molecule has 1 radical (unpaired) electrons. The van der Waals surface area contributed by atoms with Crippen molar-refractivity contribution in [2.75, 3.05) is 6.61 Å². The van der Waals surface area contributed by atoms with Crippen molar-refractivity contribution < 1.29 is 24.9 Å². The van der Waals surface area contributed by atoms with Gasteiger partial charge in [0.05, 0.1) is 5.60 Å². The summed E-state index contributed by atoms with van der Waals surface area (Å²) in [6, 6.07) is 4.99. The predicted molar refractivity (Wildman–Crippen MR) is 63.2 cm³/mol. The van der Waals surface area contributed by atoms with Crippen LogP contribution in [-0.2, 0) is 11.2 Å². The van der Waals surface area contributed by atoms with E-state index in [-0.39, 0.29) is 0 Å². The van der Waals surface area contributed by atoms with Crippen LogP contribution in [-0.4, -0.2) is 33.5 Å². The fourth-order valence-electron chi connectivity index (χ4n) is 2.15. The molecule has 1 aromatic carbocycles. The maximum Gasteiger partial charge on any atom is 0.341 e. The summed E-state index contributed by atoms with van der Waals surface area (Å²) in [6.07, 6.45) is -0.300. The highest BCUT2D eigenvalue weighted by Gasteiger charge is 2.37. The van der Waals surface area contributed by atoms with Gasteiger partial charge in [-0.05, 0) is 31.4 Å². The molecule has 5 heteroatoms. The second-order valence-electron chi connectivity index (χ2n) is 4.51. The first-order valence-corrected chi connectivity index (χ1v) is 5.64. The molecular weight excluding hydrogens is 236 g/mol. The maximum absolute atomic E-state index is 10.5. The number of rotatable bonds is 3. The zero-order valence-corrected chi connectivity index (χ0v) is 9.80. The largest absolute Gasteiger partial charge is 0.482 e. The molecule has 2 rings (SSSR count). The zero-order chi connectivity index (χ0) is 13.3. The number of carboxylic acids is 1. The Balaban J connectivity index is 2.31. The molecule has 5 nitrogen and oxygen atoms in total. The van der Waals surface area contributed by atoms with Gasteiger partial charge in [-0.2, -0.15) is 0 Å². The van der Waals surface area contributed by atoms with Gasteiger partial charge in [-0.1, -0.05) is 12.1 Å². The molecule has 18 heavy (non-hydrogen) atoms. The summed E-state index contributed by atoms with van der Waals surface area (Å²) in [5, 5.41) is 28.5. The van der Waals surface area contributed by atoms with Crippen LogP contribution < -0.4 is 4.74 Å². The summed E-state index contributed by atoms with van der Waals surface area (Å²) in [4.78, 5) is 10.5. The molecule has 0 saturated carbocycles. The van der Waals surface area contributed by atoms with Crippen LogP contribution in [0.15, 0.2) is 18.2 Å². The Hall–Kier alpha value is -1.59. The number of benzene rings is 1. The van der Waals surface area contributed by atoms with Crippen molar-refractivity contribution in [3.8, 4) is 5.75 Å². The van der Waals surface area contributed by atoms with Gasteiger partial charge < -0.3 is 20.1 Å². The molecular formula is C13H15O5. The summed E-state index contributed by atoms with van der Waals surface area (Å²) in [6.45, 7) is 3.15. The number of aliphatic hydroxyl groups excluding tert-OH is 1. The van der Waals surface area contributed by atoms with E-state index in [1.807, 2.05) is 0 Å². The molecule has 0 bridgehead atoms. The third-order valence-electron chi connectivity index (χ3n) is 3.13. The van der Waals surface area contributed by atoms with Crippen LogP contribution in [0.3, 0.4) is 0 Å². The lowest BCUT2D eigenvalue weighted by molar-refractivity contribution is -0.139. The van der Waals surface area contributed by atoms with Crippen LogP contribution in [0, 0.1) is 6.92 Å². The van der Waals surface area contributed by atoms with Gasteiger partial charge in [-0.3, -0.25) is 0 Å². The topological polar surface area (TPSA) is 87.0 Å². The van der Waals surface area contributed by atoms with Gasteiger partial charge in [0.25, 0.3) is 0 Å². The summed E-state index contributed by atoms with van der Waals surface area (Å²) in [7, 11) is 0. The van der Waals surface area contributed by atoms with E-state index in [4.69, 9.17) is 9.84 Å². The average molecular weight is 251 g/mol. The van der Waals surface area contributed by atoms with E-state index in [1.165, 1.54) is 0 Å². The van der Waals surface area contributed by atoms with Gasteiger partial charge in [-0.25, -0.2) is 4.79 Å².